The van der Waals surface area contributed by atoms with Crippen molar-refractivity contribution in [3.05, 3.63) is 64.2 Å². The largest absolute Gasteiger partial charge is 0.384 e. The Morgan fingerprint density at radius 1 is 0.903 bits per heavy atom. The maximum absolute atomic E-state index is 13.2. The van der Waals surface area contributed by atoms with Crippen LogP contribution in [0.4, 0.5) is 0 Å². The van der Waals surface area contributed by atoms with E-state index in [2.05, 4.69) is 18.7 Å². The van der Waals surface area contributed by atoms with E-state index in [1.807, 2.05) is 0 Å². The number of ketones is 2. The second-order valence-electron chi connectivity index (χ2n) is 7.75. The molecule has 4 N–H and O–H groups in total. The van der Waals surface area contributed by atoms with Crippen molar-refractivity contribution >= 4 is 17.4 Å². The van der Waals surface area contributed by atoms with E-state index in [1.165, 1.54) is 0 Å². The Labute approximate surface area is 183 Å². The van der Waals surface area contributed by atoms with Crippen molar-refractivity contribution in [2.75, 3.05) is 0 Å². The Hall–Kier alpha value is -2.99. The lowest BCUT2D eigenvalue weighted by molar-refractivity contribution is -0.137. The lowest BCUT2D eigenvalue weighted by atomic mass is 9.89. The molecule has 2 aromatic carbocycles. The quantitative estimate of drug-likeness (QED) is 0.132. The molecule has 0 aliphatic rings. The first-order valence-electron chi connectivity index (χ1n) is 10.9. The summed E-state index contributed by atoms with van der Waals surface area (Å²) in [5, 5.41) is 16.6. The number of amidine groups is 1. The highest BCUT2D eigenvalue weighted by Crippen LogP contribution is 2.27. The molecule has 0 saturated heterocycles. The number of rotatable bonds is 13. The van der Waals surface area contributed by atoms with Crippen molar-refractivity contribution in [2.45, 2.75) is 65.2 Å². The van der Waals surface area contributed by atoms with Gasteiger partial charge in [0.05, 0.1) is 0 Å². The smallest absolute Gasteiger partial charge is 0.165 e. The zero-order valence-corrected chi connectivity index (χ0v) is 18.4. The van der Waals surface area contributed by atoms with Gasteiger partial charge in [0.15, 0.2) is 17.3 Å². The molecule has 0 amide bonds. The average molecular weight is 425 g/mol. The molecule has 0 radical (unpaired) electrons. The van der Waals surface area contributed by atoms with Crippen LogP contribution in [0, 0.1) is 5.41 Å². The van der Waals surface area contributed by atoms with Crippen molar-refractivity contribution in [1.29, 1.82) is 5.41 Å². The minimum absolute atomic E-state index is 0.0521. The Kier molecular flexibility index (Phi) is 9.40. The summed E-state index contributed by atoms with van der Waals surface area (Å²) in [6, 6.07) is 9.99. The fourth-order valence-corrected chi connectivity index (χ4v) is 3.61. The van der Waals surface area contributed by atoms with Crippen LogP contribution in [0.2, 0.25) is 0 Å². The third-order valence-electron chi connectivity index (χ3n) is 5.36. The molecule has 0 fully saturated rings. The summed E-state index contributed by atoms with van der Waals surface area (Å²) in [5.74, 6) is 0.110. The monoisotopic (exact) mass is 424 g/mol. The van der Waals surface area contributed by atoms with E-state index in [0.717, 1.165) is 36.8 Å². The Bertz CT molecular complexity index is 891. The van der Waals surface area contributed by atoms with E-state index in [-0.39, 0.29) is 30.2 Å². The van der Waals surface area contributed by atoms with Gasteiger partial charge >= 0.3 is 0 Å². The van der Waals surface area contributed by atoms with E-state index in [9.17, 15) is 14.8 Å². The number of carbonyl (C=O) groups is 2. The first-order valence-corrected chi connectivity index (χ1v) is 10.9. The van der Waals surface area contributed by atoms with Crippen LogP contribution in [0.3, 0.4) is 0 Å². The molecule has 0 atom stereocenters. The number of carbonyl (C=O) groups excluding carboxylic acids is 2. The number of benzene rings is 2. The van der Waals surface area contributed by atoms with Gasteiger partial charge in [-0.1, -0.05) is 51.0 Å². The standard InChI is InChI=1S/C25H32N2O4/c1-3-5-7-19-15-21(31-30)16-20(8-6-4-2)24(19)23(29)14-13-22(28)17-9-11-18(12-10-17)25(26)27/h9-12,15-16,30H,3-8,13-14H2,1-2H3,(H3,26,27). The number of Topliss-reactive ketones (excluding diaryl/α,β-unsaturated/α-hetero) is 2. The average Bonchev–Trinajstić information content (AvgIpc) is 2.79. The zero-order valence-electron chi connectivity index (χ0n) is 18.4. The molecule has 0 heterocycles. The fourth-order valence-electron chi connectivity index (χ4n) is 3.61. The molecule has 31 heavy (non-hydrogen) atoms. The van der Waals surface area contributed by atoms with Gasteiger partial charge in [0.1, 0.15) is 5.84 Å². The molecule has 6 heteroatoms. The lowest BCUT2D eigenvalue weighted by Gasteiger charge is -2.16. The molecular weight excluding hydrogens is 392 g/mol. The van der Waals surface area contributed by atoms with Crippen LogP contribution in [0.15, 0.2) is 36.4 Å². The molecule has 2 aromatic rings. The molecule has 0 spiro atoms. The van der Waals surface area contributed by atoms with Crippen molar-refractivity contribution in [2.24, 2.45) is 5.73 Å². The topological polar surface area (TPSA) is 113 Å². The third-order valence-corrected chi connectivity index (χ3v) is 5.36. The van der Waals surface area contributed by atoms with Crippen LogP contribution in [0.5, 0.6) is 5.75 Å². The van der Waals surface area contributed by atoms with E-state index >= 15 is 0 Å². The molecule has 0 unspecified atom stereocenters. The number of aryl methyl sites for hydroxylation is 2. The summed E-state index contributed by atoms with van der Waals surface area (Å²) in [6.45, 7) is 4.17. The number of hydrogen-bond donors (Lipinski definition) is 3. The highest BCUT2D eigenvalue weighted by Gasteiger charge is 2.20. The fraction of sp³-hybridized carbons (Fsp3) is 0.400. The maximum atomic E-state index is 13.2. The lowest BCUT2D eigenvalue weighted by Crippen LogP contribution is -2.13. The van der Waals surface area contributed by atoms with Gasteiger partial charge in [-0.05, 0) is 48.9 Å². The predicted molar refractivity (Wildman–Crippen MR) is 122 cm³/mol. The minimum Gasteiger partial charge on any atom is -0.384 e. The molecule has 6 nitrogen and oxygen atoms in total. The van der Waals surface area contributed by atoms with Gasteiger partial charge in [-0.25, -0.2) is 5.26 Å². The molecule has 0 aromatic heterocycles. The highest BCUT2D eigenvalue weighted by atomic mass is 17.1. The summed E-state index contributed by atoms with van der Waals surface area (Å²) in [4.78, 5) is 30.3. The zero-order chi connectivity index (χ0) is 22.8. The number of nitrogen functional groups attached to an aromatic ring is 1. The van der Waals surface area contributed by atoms with E-state index in [4.69, 9.17) is 11.1 Å². The minimum atomic E-state index is -0.121. The summed E-state index contributed by atoms with van der Waals surface area (Å²) in [7, 11) is 0. The van der Waals surface area contributed by atoms with Crippen molar-refractivity contribution in [3.8, 4) is 5.75 Å². The van der Waals surface area contributed by atoms with Crippen molar-refractivity contribution < 1.29 is 19.7 Å². The van der Waals surface area contributed by atoms with Crippen molar-refractivity contribution in [3.63, 3.8) is 0 Å². The molecule has 166 valence electrons. The first kappa shape index (κ1) is 24.3. The SMILES string of the molecule is CCCCc1cc(OO)cc(CCCC)c1C(=O)CCC(=O)c1ccc(C(=N)N)cc1. The summed E-state index contributed by atoms with van der Waals surface area (Å²) in [5.41, 5.74) is 8.90. The van der Waals surface area contributed by atoms with Gasteiger partial charge in [0.25, 0.3) is 0 Å². The normalized spacial score (nSPS) is 10.7. The van der Waals surface area contributed by atoms with Gasteiger partial charge in [-0.2, -0.15) is 0 Å². The van der Waals surface area contributed by atoms with Crippen LogP contribution in [-0.4, -0.2) is 22.7 Å². The maximum Gasteiger partial charge on any atom is 0.165 e. The van der Waals surface area contributed by atoms with E-state index in [0.29, 0.717) is 35.3 Å². The van der Waals surface area contributed by atoms with Gasteiger partial charge < -0.3 is 10.6 Å². The third kappa shape index (κ3) is 6.76. The Morgan fingerprint density at radius 2 is 1.39 bits per heavy atom. The van der Waals surface area contributed by atoms with Crippen LogP contribution >= 0.6 is 0 Å². The molecular formula is C25H32N2O4. The second-order valence-corrected chi connectivity index (χ2v) is 7.75. The van der Waals surface area contributed by atoms with E-state index < -0.39 is 0 Å². The van der Waals surface area contributed by atoms with Crippen LogP contribution in [0.25, 0.3) is 0 Å². The van der Waals surface area contributed by atoms with Gasteiger partial charge in [-0.15, -0.1) is 0 Å². The van der Waals surface area contributed by atoms with Gasteiger partial charge in [0, 0.05) is 29.5 Å². The molecule has 2 rings (SSSR count). The number of hydrogen-bond acceptors (Lipinski definition) is 5. The Morgan fingerprint density at radius 3 is 1.84 bits per heavy atom. The van der Waals surface area contributed by atoms with Crippen LogP contribution in [-0.2, 0) is 12.8 Å². The van der Waals surface area contributed by atoms with Crippen molar-refractivity contribution in [1.82, 2.24) is 0 Å². The second kappa shape index (κ2) is 12.0. The highest BCUT2D eigenvalue weighted by molar-refractivity contribution is 6.04. The molecule has 0 bridgehead atoms. The number of nitrogens with one attached hydrogen (secondary N) is 1. The first-order chi connectivity index (χ1) is 14.9. The number of nitrogens with two attached hydrogens (primary N) is 1. The summed E-state index contributed by atoms with van der Waals surface area (Å²) >= 11 is 0. The molecule has 0 aliphatic carbocycles. The summed E-state index contributed by atoms with van der Waals surface area (Å²) in [6.07, 6.45) is 5.46. The molecule has 0 aliphatic heterocycles. The van der Waals surface area contributed by atoms with Crippen LogP contribution in [0.1, 0.15) is 89.8 Å². The van der Waals surface area contributed by atoms with Gasteiger partial charge in [-0.3, -0.25) is 15.0 Å². The number of unbranched alkanes of at least 4 members (excludes halogenated alkanes) is 2. The Balaban J connectivity index is 2.23. The summed E-state index contributed by atoms with van der Waals surface area (Å²) < 4.78 is 0. The van der Waals surface area contributed by atoms with Gasteiger partial charge in [0.2, 0.25) is 0 Å². The van der Waals surface area contributed by atoms with E-state index in [1.54, 1.807) is 36.4 Å². The van der Waals surface area contributed by atoms with Crippen LogP contribution < -0.4 is 10.6 Å². The molecule has 0 saturated carbocycles. The predicted octanol–water partition coefficient (Wildman–Crippen LogP) is 5.35.